The normalized spacial score (nSPS) is 27.7. The van der Waals surface area contributed by atoms with Crippen LogP contribution >= 0.6 is 0 Å². The second kappa shape index (κ2) is 13.4. The van der Waals surface area contributed by atoms with Crippen LogP contribution < -0.4 is 4.90 Å². The molecule has 4 bridgehead atoms. The first-order valence-corrected chi connectivity index (χ1v) is 26.0. The first kappa shape index (κ1) is 41.3. The van der Waals surface area contributed by atoms with E-state index in [1.54, 1.807) is 11.1 Å². The van der Waals surface area contributed by atoms with Crippen molar-refractivity contribution in [2.75, 3.05) is 4.90 Å². The second-order valence-corrected chi connectivity index (χ2v) is 25.9. The summed E-state index contributed by atoms with van der Waals surface area (Å²) in [5, 5.41) is 0. The molecule has 14 rings (SSSR count). The molecule has 0 atom stereocenters. The Morgan fingerprint density at radius 3 is 1.47 bits per heavy atom. The fourth-order valence-electron chi connectivity index (χ4n) is 16.3. The van der Waals surface area contributed by atoms with Crippen LogP contribution in [-0.2, 0) is 32.5 Å². The summed E-state index contributed by atoms with van der Waals surface area (Å²) in [5.41, 5.74) is 24.9. The average Bonchev–Trinajstić information content (AvgIpc) is 3.70. The minimum atomic E-state index is -0.112. The maximum absolute atomic E-state index is 2.79. The van der Waals surface area contributed by atoms with Gasteiger partial charge < -0.3 is 4.90 Å². The number of rotatable bonds is 4. The van der Waals surface area contributed by atoms with Gasteiger partial charge in [0.05, 0.1) is 5.69 Å². The summed E-state index contributed by atoms with van der Waals surface area (Å²) < 4.78 is 0. The summed E-state index contributed by atoms with van der Waals surface area (Å²) in [7, 11) is 0. The van der Waals surface area contributed by atoms with Gasteiger partial charge in [0.2, 0.25) is 0 Å². The monoisotopic (exact) mass is 866 g/mol. The molecule has 0 saturated heterocycles. The van der Waals surface area contributed by atoms with Crippen LogP contribution in [0.4, 0.5) is 17.1 Å². The standard InChI is InChI=1S/C65H71N/c1-60(2)25-27-62(5,6)57-34-41(19-23-53(57)60)49-37-50-47-16-12-14-18-52(47)65(42-30-39-29-40(32-42)33-43(65)31-39)56(50)38-59(49)66(45-21-24-54-58(36-45)63(7,8)28-26-61(54,3)4)44-20-22-48-46-15-11-13-17-51(46)64(9,10)55(48)35-44/h11-24,34-40,42-43H,25-33H2,1-10H3. The van der Waals surface area contributed by atoms with Crippen molar-refractivity contribution >= 4 is 17.1 Å². The van der Waals surface area contributed by atoms with Crippen LogP contribution in [0.5, 0.6) is 0 Å². The number of benzene rings is 6. The van der Waals surface area contributed by atoms with E-state index in [0.29, 0.717) is 11.8 Å². The van der Waals surface area contributed by atoms with Crippen molar-refractivity contribution in [3.63, 3.8) is 0 Å². The molecule has 0 amide bonds. The van der Waals surface area contributed by atoms with E-state index in [1.165, 1.54) is 142 Å². The maximum Gasteiger partial charge on any atom is 0.0543 e. The smallest absolute Gasteiger partial charge is 0.0543 e. The first-order valence-electron chi connectivity index (χ1n) is 26.0. The van der Waals surface area contributed by atoms with Crippen LogP contribution in [-0.4, -0.2) is 0 Å². The molecule has 0 N–H and O–H groups in total. The molecule has 8 aliphatic carbocycles. The summed E-state index contributed by atoms with van der Waals surface area (Å²) in [6.07, 6.45) is 11.8. The van der Waals surface area contributed by atoms with Gasteiger partial charge in [0.1, 0.15) is 0 Å². The molecule has 0 unspecified atom stereocenters. The maximum atomic E-state index is 2.79. The van der Waals surface area contributed by atoms with E-state index in [0.717, 1.165) is 11.8 Å². The van der Waals surface area contributed by atoms with Crippen molar-refractivity contribution < 1.29 is 0 Å². The van der Waals surface area contributed by atoms with Crippen LogP contribution in [0.1, 0.15) is 172 Å². The quantitative estimate of drug-likeness (QED) is 0.171. The highest BCUT2D eigenvalue weighted by Gasteiger charge is 2.62. The highest BCUT2D eigenvalue weighted by atomic mass is 15.1. The lowest BCUT2D eigenvalue weighted by atomic mass is 9.43. The van der Waals surface area contributed by atoms with Crippen LogP contribution in [0.15, 0.2) is 115 Å². The van der Waals surface area contributed by atoms with E-state index >= 15 is 0 Å². The lowest BCUT2D eigenvalue weighted by Gasteiger charge is -2.61. The molecule has 4 saturated carbocycles. The zero-order chi connectivity index (χ0) is 45.5. The van der Waals surface area contributed by atoms with E-state index < -0.39 is 0 Å². The van der Waals surface area contributed by atoms with Gasteiger partial charge in [0.25, 0.3) is 0 Å². The number of anilines is 3. The fraction of sp³-hybridized carbons (Fsp3) is 0.446. The Morgan fingerprint density at radius 2 is 0.848 bits per heavy atom. The summed E-state index contributed by atoms with van der Waals surface area (Å²) in [4.78, 5) is 2.74. The second-order valence-electron chi connectivity index (χ2n) is 25.9. The fourth-order valence-corrected chi connectivity index (χ4v) is 16.3. The Kier molecular flexibility index (Phi) is 8.40. The molecule has 0 aliphatic heterocycles. The molecular formula is C65H71N. The predicted octanol–water partition coefficient (Wildman–Crippen LogP) is 17.6. The molecule has 6 aromatic rings. The van der Waals surface area contributed by atoms with E-state index in [2.05, 4.69) is 189 Å². The molecule has 8 aliphatic rings. The third kappa shape index (κ3) is 5.52. The molecule has 0 aromatic heterocycles. The predicted molar refractivity (Wildman–Crippen MR) is 278 cm³/mol. The summed E-state index contributed by atoms with van der Waals surface area (Å²) in [6.45, 7) is 24.7. The number of fused-ring (bicyclic) bond motifs is 8. The third-order valence-electron chi connectivity index (χ3n) is 20.0. The Bertz CT molecular complexity index is 3010. The lowest BCUT2D eigenvalue weighted by Crippen LogP contribution is -2.55. The summed E-state index contributed by atoms with van der Waals surface area (Å²) in [6, 6.07) is 47.2. The SMILES string of the molecule is CC1(C)CCC(C)(C)c2cc(-c3cc4c(cc3N(c3ccc5c(c3)C(C)(C)CCC5(C)C)c3ccc5c(c3)C(C)(C)c3ccccc3-5)C3(c5ccccc5-4)C4CC5CC(C4)CC3C5)ccc21. The molecule has 1 heteroatoms. The van der Waals surface area contributed by atoms with Crippen LogP contribution in [0.25, 0.3) is 33.4 Å². The molecule has 0 radical (unpaired) electrons. The zero-order valence-corrected chi connectivity index (χ0v) is 41.6. The van der Waals surface area contributed by atoms with Crippen molar-refractivity contribution in [3.05, 3.63) is 160 Å². The molecule has 1 spiro atoms. The van der Waals surface area contributed by atoms with E-state index in [9.17, 15) is 0 Å². The molecule has 4 fully saturated rings. The van der Waals surface area contributed by atoms with Gasteiger partial charge in [-0.1, -0.05) is 148 Å². The van der Waals surface area contributed by atoms with Gasteiger partial charge in [-0.2, -0.15) is 0 Å². The zero-order valence-electron chi connectivity index (χ0n) is 41.6. The third-order valence-corrected chi connectivity index (χ3v) is 20.0. The molecule has 66 heavy (non-hydrogen) atoms. The summed E-state index contributed by atoms with van der Waals surface area (Å²) >= 11 is 0. The van der Waals surface area contributed by atoms with Gasteiger partial charge in [0.15, 0.2) is 0 Å². The van der Waals surface area contributed by atoms with Crippen LogP contribution in [0.3, 0.4) is 0 Å². The van der Waals surface area contributed by atoms with Crippen molar-refractivity contribution in [2.24, 2.45) is 23.7 Å². The minimum absolute atomic E-state index is 0.0591. The van der Waals surface area contributed by atoms with Crippen molar-refractivity contribution in [1.29, 1.82) is 0 Å². The molecule has 1 nitrogen and oxygen atoms in total. The van der Waals surface area contributed by atoms with E-state index in [4.69, 9.17) is 0 Å². The van der Waals surface area contributed by atoms with Crippen molar-refractivity contribution in [2.45, 2.75) is 160 Å². The topological polar surface area (TPSA) is 3.24 Å². The summed E-state index contributed by atoms with van der Waals surface area (Å²) in [5.74, 6) is 3.19. The van der Waals surface area contributed by atoms with Gasteiger partial charge in [-0.25, -0.2) is 0 Å². The average molecular weight is 866 g/mol. The van der Waals surface area contributed by atoms with Crippen LogP contribution in [0.2, 0.25) is 0 Å². The van der Waals surface area contributed by atoms with E-state index in [1.807, 2.05) is 0 Å². The number of hydrogen-bond acceptors (Lipinski definition) is 1. The Labute approximate surface area is 396 Å². The van der Waals surface area contributed by atoms with Crippen LogP contribution in [0, 0.1) is 23.7 Å². The Hall–Kier alpha value is -4.88. The highest BCUT2D eigenvalue weighted by Crippen LogP contribution is 2.70. The van der Waals surface area contributed by atoms with Gasteiger partial charge >= 0.3 is 0 Å². The molecule has 6 aromatic carbocycles. The minimum Gasteiger partial charge on any atom is -0.310 e. The van der Waals surface area contributed by atoms with Crippen molar-refractivity contribution in [3.8, 4) is 33.4 Å². The Morgan fingerprint density at radius 1 is 0.364 bits per heavy atom. The lowest BCUT2D eigenvalue weighted by molar-refractivity contribution is -0.0399. The van der Waals surface area contributed by atoms with Gasteiger partial charge in [-0.3, -0.25) is 0 Å². The van der Waals surface area contributed by atoms with Gasteiger partial charge in [0, 0.05) is 27.8 Å². The molecular weight excluding hydrogens is 795 g/mol. The number of nitrogens with zero attached hydrogens (tertiary/aromatic N) is 1. The van der Waals surface area contributed by atoms with Gasteiger partial charge in [-0.15, -0.1) is 0 Å². The van der Waals surface area contributed by atoms with E-state index in [-0.39, 0.29) is 32.5 Å². The molecule has 0 heterocycles. The first-order chi connectivity index (χ1) is 31.4. The molecule has 336 valence electrons. The number of hydrogen-bond donors (Lipinski definition) is 0. The Balaban J connectivity index is 1.13. The van der Waals surface area contributed by atoms with Gasteiger partial charge in [-0.05, 0) is 212 Å². The largest absolute Gasteiger partial charge is 0.310 e. The highest BCUT2D eigenvalue weighted by molar-refractivity contribution is 5.96. The van der Waals surface area contributed by atoms with Crippen molar-refractivity contribution in [1.82, 2.24) is 0 Å².